The third-order valence-corrected chi connectivity index (χ3v) is 3.77. The van der Waals surface area contributed by atoms with Crippen molar-refractivity contribution >= 4 is 22.8 Å². The summed E-state index contributed by atoms with van der Waals surface area (Å²) in [5, 5.41) is 9.81. The molecule has 0 fully saturated rings. The van der Waals surface area contributed by atoms with E-state index >= 15 is 0 Å². The number of carbonyl (C=O) groups excluding carboxylic acids is 1. The molecule has 3 rings (SSSR count). The van der Waals surface area contributed by atoms with E-state index in [1.54, 1.807) is 25.1 Å². The molecule has 1 atom stereocenters. The SMILES string of the molecule is CC(C)c1nc(NC(=O)[C@H](C)n2cnc3ccccc3c2=O)n[nH]1. The highest BCUT2D eigenvalue weighted by Gasteiger charge is 2.19. The molecular weight excluding hydrogens is 308 g/mol. The van der Waals surface area contributed by atoms with Crippen LogP contribution in [0, 0.1) is 0 Å². The third-order valence-electron chi connectivity index (χ3n) is 3.77. The molecule has 0 saturated carbocycles. The summed E-state index contributed by atoms with van der Waals surface area (Å²) in [6.07, 6.45) is 1.38. The van der Waals surface area contributed by atoms with Crippen LogP contribution in [0.25, 0.3) is 10.9 Å². The Morgan fingerprint density at radius 1 is 1.25 bits per heavy atom. The number of nitrogens with one attached hydrogen (secondary N) is 2. The van der Waals surface area contributed by atoms with Gasteiger partial charge in [-0.05, 0) is 19.1 Å². The first-order chi connectivity index (χ1) is 11.5. The second kappa shape index (κ2) is 6.23. The molecule has 0 saturated heterocycles. The van der Waals surface area contributed by atoms with Crippen LogP contribution in [0.3, 0.4) is 0 Å². The van der Waals surface area contributed by atoms with Crippen LogP contribution in [0.1, 0.15) is 38.6 Å². The van der Waals surface area contributed by atoms with Crippen LogP contribution in [-0.4, -0.2) is 30.6 Å². The van der Waals surface area contributed by atoms with Gasteiger partial charge in [-0.3, -0.25) is 24.6 Å². The van der Waals surface area contributed by atoms with Gasteiger partial charge in [-0.25, -0.2) is 4.98 Å². The Bertz CT molecular complexity index is 943. The molecular formula is C16H18N6O2. The molecule has 0 aliphatic heterocycles. The number of anilines is 1. The fourth-order valence-electron chi connectivity index (χ4n) is 2.29. The number of benzene rings is 1. The molecule has 1 aromatic carbocycles. The Labute approximate surface area is 137 Å². The lowest BCUT2D eigenvalue weighted by Crippen LogP contribution is -2.32. The minimum Gasteiger partial charge on any atom is -0.291 e. The fourth-order valence-corrected chi connectivity index (χ4v) is 2.29. The van der Waals surface area contributed by atoms with Crippen LogP contribution in [0.2, 0.25) is 0 Å². The number of carbonyl (C=O) groups is 1. The molecule has 24 heavy (non-hydrogen) atoms. The zero-order valence-corrected chi connectivity index (χ0v) is 13.6. The number of fused-ring (bicyclic) bond motifs is 1. The summed E-state index contributed by atoms with van der Waals surface area (Å²) in [5.74, 6) is 0.663. The lowest BCUT2D eigenvalue weighted by molar-refractivity contribution is -0.118. The highest BCUT2D eigenvalue weighted by molar-refractivity contribution is 5.92. The van der Waals surface area contributed by atoms with Gasteiger partial charge in [-0.15, -0.1) is 5.10 Å². The van der Waals surface area contributed by atoms with Crippen molar-refractivity contribution in [1.82, 2.24) is 24.7 Å². The number of H-pyrrole nitrogens is 1. The van der Waals surface area contributed by atoms with Crippen LogP contribution < -0.4 is 10.9 Å². The second-order valence-electron chi connectivity index (χ2n) is 5.84. The predicted octanol–water partition coefficient (Wildman–Crippen LogP) is 1.84. The number of aromatic nitrogens is 5. The Morgan fingerprint density at radius 3 is 2.71 bits per heavy atom. The molecule has 8 heteroatoms. The number of aromatic amines is 1. The topological polar surface area (TPSA) is 106 Å². The van der Waals surface area contributed by atoms with E-state index in [1.807, 2.05) is 19.9 Å². The van der Waals surface area contributed by atoms with Crippen molar-refractivity contribution < 1.29 is 4.79 Å². The van der Waals surface area contributed by atoms with Gasteiger partial charge in [0.15, 0.2) is 0 Å². The van der Waals surface area contributed by atoms with Gasteiger partial charge in [0.05, 0.1) is 17.2 Å². The zero-order valence-electron chi connectivity index (χ0n) is 13.6. The van der Waals surface area contributed by atoms with Crippen LogP contribution >= 0.6 is 0 Å². The smallest absolute Gasteiger partial charge is 0.261 e. The molecule has 124 valence electrons. The van der Waals surface area contributed by atoms with Gasteiger partial charge in [0, 0.05) is 5.92 Å². The van der Waals surface area contributed by atoms with Crippen LogP contribution in [-0.2, 0) is 4.79 Å². The van der Waals surface area contributed by atoms with Crippen molar-refractivity contribution in [3.8, 4) is 0 Å². The number of para-hydroxylation sites is 1. The standard InChI is InChI=1S/C16H18N6O2/c1-9(2)13-18-16(21-20-13)19-14(23)10(3)22-8-17-12-7-5-4-6-11(12)15(22)24/h4-10H,1-3H3,(H2,18,19,20,21,23)/t10-/m0/s1. The van der Waals surface area contributed by atoms with Crippen molar-refractivity contribution in [2.75, 3.05) is 5.32 Å². The molecule has 0 unspecified atom stereocenters. The van der Waals surface area contributed by atoms with E-state index in [2.05, 4.69) is 25.5 Å². The Balaban J connectivity index is 1.85. The van der Waals surface area contributed by atoms with Gasteiger partial charge in [-0.2, -0.15) is 4.98 Å². The van der Waals surface area contributed by atoms with Crippen LogP contribution in [0.5, 0.6) is 0 Å². The quantitative estimate of drug-likeness (QED) is 0.761. The molecule has 0 aliphatic carbocycles. The van der Waals surface area contributed by atoms with E-state index < -0.39 is 6.04 Å². The van der Waals surface area contributed by atoms with Crippen molar-refractivity contribution in [3.63, 3.8) is 0 Å². The lowest BCUT2D eigenvalue weighted by Gasteiger charge is -2.13. The highest BCUT2D eigenvalue weighted by Crippen LogP contribution is 2.12. The van der Waals surface area contributed by atoms with Crippen molar-refractivity contribution in [2.24, 2.45) is 0 Å². The van der Waals surface area contributed by atoms with E-state index in [9.17, 15) is 9.59 Å². The molecule has 2 N–H and O–H groups in total. The summed E-state index contributed by atoms with van der Waals surface area (Å²) in [4.78, 5) is 33.3. The molecule has 2 heterocycles. The van der Waals surface area contributed by atoms with Gasteiger partial charge in [0.2, 0.25) is 11.9 Å². The fraction of sp³-hybridized carbons (Fsp3) is 0.312. The van der Waals surface area contributed by atoms with Crippen LogP contribution in [0.4, 0.5) is 5.95 Å². The van der Waals surface area contributed by atoms with Gasteiger partial charge >= 0.3 is 0 Å². The van der Waals surface area contributed by atoms with E-state index in [-0.39, 0.29) is 23.3 Å². The molecule has 0 aliphatic rings. The maximum absolute atomic E-state index is 12.5. The minimum atomic E-state index is -0.740. The first-order valence-electron chi connectivity index (χ1n) is 7.66. The Kier molecular flexibility index (Phi) is 4.11. The number of hydrogen-bond donors (Lipinski definition) is 2. The van der Waals surface area contributed by atoms with Crippen molar-refractivity contribution in [1.29, 1.82) is 0 Å². The molecule has 0 bridgehead atoms. The number of nitrogens with zero attached hydrogens (tertiary/aromatic N) is 4. The van der Waals surface area contributed by atoms with E-state index in [4.69, 9.17) is 0 Å². The normalized spacial score (nSPS) is 12.5. The Morgan fingerprint density at radius 2 is 2.00 bits per heavy atom. The van der Waals surface area contributed by atoms with E-state index in [1.165, 1.54) is 10.9 Å². The lowest BCUT2D eigenvalue weighted by atomic mass is 10.2. The highest BCUT2D eigenvalue weighted by atomic mass is 16.2. The molecule has 1 amide bonds. The maximum Gasteiger partial charge on any atom is 0.261 e. The van der Waals surface area contributed by atoms with Crippen molar-refractivity contribution in [3.05, 3.63) is 46.8 Å². The summed E-state index contributed by atoms with van der Waals surface area (Å²) >= 11 is 0. The summed E-state index contributed by atoms with van der Waals surface area (Å²) in [5.41, 5.74) is 0.336. The van der Waals surface area contributed by atoms with Gasteiger partial charge < -0.3 is 0 Å². The predicted molar refractivity (Wildman–Crippen MR) is 89.8 cm³/mol. The molecule has 8 nitrogen and oxygen atoms in total. The summed E-state index contributed by atoms with van der Waals surface area (Å²) in [6, 6.07) is 6.28. The van der Waals surface area contributed by atoms with Gasteiger partial charge in [-0.1, -0.05) is 26.0 Å². The first kappa shape index (κ1) is 15.9. The average molecular weight is 326 g/mol. The number of amides is 1. The average Bonchev–Trinajstić information content (AvgIpc) is 3.03. The monoisotopic (exact) mass is 326 g/mol. The zero-order chi connectivity index (χ0) is 17.3. The maximum atomic E-state index is 12.5. The van der Waals surface area contributed by atoms with E-state index in [0.29, 0.717) is 16.7 Å². The van der Waals surface area contributed by atoms with Crippen LogP contribution in [0.15, 0.2) is 35.4 Å². The molecule has 0 radical (unpaired) electrons. The minimum absolute atomic E-state index is 0.174. The van der Waals surface area contributed by atoms with Gasteiger partial charge in [0.25, 0.3) is 5.56 Å². The van der Waals surface area contributed by atoms with Gasteiger partial charge in [0.1, 0.15) is 11.9 Å². The number of hydrogen-bond acceptors (Lipinski definition) is 5. The summed E-state index contributed by atoms with van der Waals surface area (Å²) < 4.78 is 1.30. The largest absolute Gasteiger partial charge is 0.291 e. The third kappa shape index (κ3) is 2.90. The summed E-state index contributed by atoms with van der Waals surface area (Å²) in [7, 11) is 0. The first-order valence-corrected chi connectivity index (χ1v) is 7.66. The number of rotatable bonds is 4. The van der Waals surface area contributed by atoms with E-state index in [0.717, 1.165) is 0 Å². The second-order valence-corrected chi connectivity index (χ2v) is 5.84. The Hall–Kier alpha value is -3.03. The molecule has 0 spiro atoms. The molecule has 3 aromatic rings. The summed E-state index contributed by atoms with van der Waals surface area (Å²) in [6.45, 7) is 5.56. The molecule has 2 aromatic heterocycles. The van der Waals surface area contributed by atoms with Crippen molar-refractivity contribution in [2.45, 2.75) is 32.7 Å².